The third-order valence-electron chi connectivity index (χ3n) is 2.86. The average Bonchev–Trinajstić information content (AvgIpc) is 2.29. The summed E-state index contributed by atoms with van der Waals surface area (Å²) in [6, 6.07) is 0. The lowest BCUT2D eigenvalue weighted by Crippen LogP contribution is -2.43. The molecule has 1 saturated heterocycles. The summed E-state index contributed by atoms with van der Waals surface area (Å²) in [4.78, 5) is 13.6. The van der Waals surface area contributed by atoms with E-state index >= 15 is 0 Å². The van der Waals surface area contributed by atoms with Crippen LogP contribution in [0.2, 0.25) is 0 Å². The molecule has 1 heterocycles. The van der Waals surface area contributed by atoms with Crippen molar-refractivity contribution in [1.29, 1.82) is 0 Å². The molecule has 1 aliphatic heterocycles. The number of carbonyl (C=O) groups is 1. The molecule has 16 heavy (non-hydrogen) atoms. The van der Waals surface area contributed by atoms with Crippen molar-refractivity contribution in [3.05, 3.63) is 0 Å². The zero-order valence-electron chi connectivity index (χ0n) is 9.95. The Bertz CT molecular complexity index is 211. The smallest absolute Gasteiger partial charge is 0.234 e. The number of ether oxygens (including phenoxy) is 1. The Morgan fingerprint density at radius 3 is 3.12 bits per heavy atom. The van der Waals surface area contributed by atoms with Crippen LogP contribution in [0.5, 0.6) is 0 Å². The van der Waals surface area contributed by atoms with Gasteiger partial charge in [0.05, 0.1) is 13.2 Å². The summed E-state index contributed by atoms with van der Waals surface area (Å²) in [6.45, 7) is 3.54. The lowest BCUT2D eigenvalue weighted by Gasteiger charge is -2.31. The van der Waals surface area contributed by atoms with Gasteiger partial charge in [-0.05, 0) is 25.3 Å². The Hall–Kier alpha value is -0.650. The van der Waals surface area contributed by atoms with E-state index in [1.54, 1.807) is 7.11 Å². The summed E-state index contributed by atoms with van der Waals surface area (Å²) in [5.74, 6) is 0.371. The Kier molecular flexibility index (Phi) is 6.37. The molecule has 0 saturated carbocycles. The summed E-state index contributed by atoms with van der Waals surface area (Å²) in [5.41, 5.74) is 0. The van der Waals surface area contributed by atoms with E-state index < -0.39 is 0 Å². The molecule has 0 aliphatic carbocycles. The topological polar surface area (TPSA) is 61.8 Å². The number of rotatable bonds is 6. The summed E-state index contributed by atoms with van der Waals surface area (Å²) in [7, 11) is 1.61. The predicted octanol–water partition coefficient (Wildman–Crippen LogP) is -0.547. The Labute approximate surface area is 96.8 Å². The van der Waals surface area contributed by atoms with Crippen LogP contribution in [0.4, 0.5) is 0 Å². The van der Waals surface area contributed by atoms with Gasteiger partial charge < -0.3 is 15.2 Å². The van der Waals surface area contributed by atoms with Crippen molar-refractivity contribution in [2.75, 3.05) is 46.5 Å². The molecule has 5 nitrogen and oxygen atoms in total. The first-order chi connectivity index (χ1) is 7.76. The standard InChI is InChI=1S/C11H22N2O3/c1-16-6-4-12-11(15)8-13-5-2-3-10(7-13)9-14/h10,14H,2-9H2,1H3,(H,12,15)/t10-/m0/s1. The Morgan fingerprint density at radius 2 is 2.44 bits per heavy atom. The van der Waals surface area contributed by atoms with Crippen molar-refractivity contribution < 1.29 is 14.6 Å². The molecular formula is C11H22N2O3. The van der Waals surface area contributed by atoms with Crippen LogP contribution < -0.4 is 5.32 Å². The molecule has 1 amide bonds. The van der Waals surface area contributed by atoms with Crippen LogP contribution in [0.25, 0.3) is 0 Å². The molecule has 2 N–H and O–H groups in total. The second kappa shape index (κ2) is 7.60. The maximum atomic E-state index is 11.5. The van der Waals surface area contributed by atoms with Crippen LogP contribution in [0.15, 0.2) is 0 Å². The minimum absolute atomic E-state index is 0.0376. The van der Waals surface area contributed by atoms with E-state index in [0.717, 1.165) is 25.9 Å². The number of aliphatic hydroxyl groups excluding tert-OH is 1. The molecule has 0 unspecified atom stereocenters. The fraction of sp³-hybridized carbons (Fsp3) is 0.909. The first kappa shape index (κ1) is 13.4. The number of nitrogens with one attached hydrogen (secondary N) is 1. The molecule has 1 rings (SSSR count). The van der Waals surface area contributed by atoms with Gasteiger partial charge in [0, 0.05) is 26.8 Å². The molecule has 5 heteroatoms. The van der Waals surface area contributed by atoms with Gasteiger partial charge in [-0.2, -0.15) is 0 Å². The molecule has 0 radical (unpaired) electrons. The molecule has 0 aromatic carbocycles. The number of aliphatic hydroxyl groups is 1. The minimum atomic E-state index is 0.0376. The highest BCUT2D eigenvalue weighted by atomic mass is 16.5. The van der Waals surface area contributed by atoms with Crippen molar-refractivity contribution >= 4 is 5.91 Å². The quantitative estimate of drug-likeness (QED) is 0.601. The first-order valence-electron chi connectivity index (χ1n) is 5.85. The van der Waals surface area contributed by atoms with Crippen LogP contribution in [0.1, 0.15) is 12.8 Å². The maximum Gasteiger partial charge on any atom is 0.234 e. The summed E-state index contributed by atoms with van der Waals surface area (Å²) in [6.07, 6.45) is 2.13. The number of likely N-dealkylation sites (tertiary alicyclic amines) is 1. The zero-order chi connectivity index (χ0) is 11.8. The zero-order valence-corrected chi connectivity index (χ0v) is 9.95. The van der Waals surface area contributed by atoms with Crippen LogP contribution >= 0.6 is 0 Å². The normalized spacial score (nSPS) is 22.0. The highest BCUT2D eigenvalue weighted by Crippen LogP contribution is 2.14. The van der Waals surface area contributed by atoms with Crippen molar-refractivity contribution in [2.45, 2.75) is 12.8 Å². The number of methoxy groups -OCH3 is 1. The highest BCUT2D eigenvalue weighted by Gasteiger charge is 2.20. The van der Waals surface area contributed by atoms with Gasteiger partial charge in [-0.3, -0.25) is 9.69 Å². The van der Waals surface area contributed by atoms with Crippen molar-refractivity contribution in [2.24, 2.45) is 5.92 Å². The molecule has 1 atom stereocenters. The monoisotopic (exact) mass is 230 g/mol. The van der Waals surface area contributed by atoms with Crippen LogP contribution in [0, 0.1) is 5.92 Å². The first-order valence-corrected chi connectivity index (χ1v) is 5.85. The van der Waals surface area contributed by atoms with Gasteiger partial charge in [-0.1, -0.05) is 0 Å². The van der Waals surface area contributed by atoms with Crippen LogP contribution in [0.3, 0.4) is 0 Å². The number of carbonyl (C=O) groups excluding carboxylic acids is 1. The van der Waals surface area contributed by atoms with E-state index in [1.165, 1.54) is 0 Å². The van der Waals surface area contributed by atoms with Gasteiger partial charge >= 0.3 is 0 Å². The molecule has 0 aromatic rings. The van der Waals surface area contributed by atoms with Gasteiger partial charge in [0.25, 0.3) is 0 Å². The number of nitrogens with zero attached hydrogens (tertiary/aromatic N) is 1. The fourth-order valence-corrected chi connectivity index (χ4v) is 2.00. The third kappa shape index (κ3) is 4.92. The predicted molar refractivity (Wildman–Crippen MR) is 61.1 cm³/mol. The van der Waals surface area contributed by atoms with Gasteiger partial charge in [0.2, 0.25) is 5.91 Å². The van der Waals surface area contributed by atoms with E-state index in [1.807, 2.05) is 0 Å². The van der Waals surface area contributed by atoms with E-state index in [-0.39, 0.29) is 12.5 Å². The summed E-state index contributed by atoms with van der Waals surface area (Å²) in [5, 5.41) is 11.9. The van der Waals surface area contributed by atoms with Gasteiger partial charge in [-0.25, -0.2) is 0 Å². The van der Waals surface area contributed by atoms with Crippen molar-refractivity contribution in [3.8, 4) is 0 Å². The van der Waals surface area contributed by atoms with Crippen LogP contribution in [-0.2, 0) is 9.53 Å². The van der Waals surface area contributed by atoms with E-state index in [2.05, 4.69) is 10.2 Å². The van der Waals surface area contributed by atoms with Gasteiger partial charge in [-0.15, -0.1) is 0 Å². The van der Waals surface area contributed by atoms with Gasteiger partial charge in [0.1, 0.15) is 0 Å². The fourth-order valence-electron chi connectivity index (χ4n) is 2.00. The molecule has 0 bridgehead atoms. The van der Waals surface area contributed by atoms with Crippen molar-refractivity contribution in [3.63, 3.8) is 0 Å². The summed E-state index contributed by atoms with van der Waals surface area (Å²) < 4.78 is 4.86. The van der Waals surface area contributed by atoms with E-state index in [9.17, 15) is 4.79 Å². The average molecular weight is 230 g/mol. The minimum Gasteiger partial charge on any atom is -0.396 e. The number of hydrogen-bond donors (Lipinski definition) is 2. The second-order valence-electron chi connectivity index (χ2n) is 4.27. The molecule has 94 valence electrons. The molecule has 1 aliphatic rings. The summed E-state index contributed by atoms with van der Waals surface area (Å²) >= 11 is 0. The SMILES string of the molecule is COCCNC(=O)CN1CCC[C@H](CO)C1. The molecule has 1 fully saturated rings. The Balaban J connectivity index is 2.17. The lowest BCUT2D eigenvalue weighted by atomic mass is 9.99. The van der Waals surface area contributed by atoms with Gasteiger partial charge in [0.15, 0.2) is 0 Å². The van der Waals surface area contributed by atoms with E-state index in [0.29, 0.717) is 25.6 Å². The molecule has 0 spiro atoms. The lowest BCUT2D eigenvalue weighted by molar-refractivity contribution is -0.122. The van der Waals surface area contributed by atoms with Crippen molar-refractivity contribution in [1.82, 2.24) is 10.2 Å². The van der Waals surface area contributed by atoms with E-state index in [4.69, 9.17) is 9.84 Å². The number of piperidine rings is 1. The largest absolute Gasteiger partial charge is 0.396 e. The number of amides is 1. The van der Waals surface area contributed by atoms with Crippen LogP contribution in [-0.4, -0.2) is 62.4 Å². The number of hydrogen-bond acceptors (Lipinski definition) is 4. The molecule has 0 aromatic heterocycles. The Morgan fingerprint density at radius 1 is 1.62 bits per heavy atom. The second-order valence-corrected chi connectivity index (χ2v) is 4.27. The highest BCUT2D eigenvalue weighted by molar-refractivity contribution is 5.77. The third-order valence-corrected chi connectivity index (χ3v) is 2.86. The molecular weight excluding hydrogens is 208 g/mol. The maximum absolute atomic E-state index is 11.5.